The number of ketones is 3. The van der Waals surface area contributed by atoms with E-state index >= 15 is 0 Å². The van der Waals surface area contributed by atoms with Gasteiger partial charge in [0.25, 0.3) is 18.8 Å². The number of anilines is 1. The molecule has 23 heteroatoms. The molecule has 0 aliphatic heterocycles. The molecule has 15 aromatic rings. The van der Waals surface area contributed by atoms with Crippen molar-refractivity contribution in [2.24, 2.45) is 0 Å². The Balaban J connectivity index is 0.000000135. The summed E-state index contributed by atoms with van der Waals surface area (Å²) < 4.78 is 45.2. The van der Waals surface area contributed by atoms with Gasteiger partial charge in [-0.25, -0.2) is 18.7 Å². The Morgan fingerprint density at radius 2 is 0.842 bits per heavy atom. The van der Waals surface area contributed by atoms with Gasteiger partial charge >= 0.3 is 0 Å². The first-order valence-corrected chi connectivity index (χ1v) is 34.8. The van der Waals surface area contributed by atoms with E-state index in [0.29, 0.717) is 59.7 Å². The molecule has 0 aliphatic rings. The summed E-state index contributed by atoms with van der Waals surface area (Å²) in [6.45, 7) is 7.73. The lowest BCUT2D eigenvalue weighted by Crippen LogP contribution is -2.06. The van der Waals surface area contributed by atoms with Crippen LogP contribution in [-0.4, -0.2) is 65.7 Å². The molecule has 0 aliphatic carbocycles. The molecular weight excluding hydrogens is 1380 g/mol. The SMILES string of the molecule is Cc1cc(F)cc(C(=O)c2sc3cc(O)ccc3c2-c2ccc(-c3nc(OC=O)co3)cc2)c1.Cc1cc(F)cc(C(=O)c2sc3cc(O)ccc3c2-c2ccc(-c3nc(OC=O)cs3)cc2)c1.Cc1cc(O)cc(C)c1C(=O)c1sc2cc(O)ccc2c1-c1ccc(-c2nc(N)cs2)cc1. The van der Waals surface area contributed by atoms with Gasteiger partial charge in [0.2, 0.25) is 29.1 Å². The Bertz CT molecular complexity index is 5460. The predicted molar refractivity (Wildman–Crippen MR) is 392 cm³/mol. The molecule has 6 aromatic heterocycles. The standard InChI is InChI=1S/C26H16FNO5S.C26H16FNO4S2.C26H20N2O3S2/c1-14-8-17(10-18(27)9-14)24(31)25-23(20-7-6-19(30)11-21(20)34-25)15-2-4-16(5-3-15)26-28-22(12-32-26)33-13-29;1-14-8-17(10-18(27)9-14)24(31)25-23(20-7-6-19(30)11-21(20)34-25)15-2-4-16(5-3-15)26-28-22(12-33-26)32-13-29;1-13-9-18(30)10-14(2)22(13)24(31)25-23(19-8-7-17(29)11-20(19)33-25)15-3-5-16(6-4-15)26-28-21(27)12-32-26/h2*2-13,30H,1H3;3-12,29-30H,27H2,1-2H3. The molecule has 0 bridgehead atoms. The van der Waals surface area contributed by atoms with Crippen LogP contribution < -0.4 is 15.2 Å². The van der Waals surface area contributed by atoms with Crippen LogP contribution in [0.2, 0.25) is 0 Å². The number of carbonyl (C=O) groups is 5. The number of thiazole rings is 2. The molecule has 101 heavy (non-hydrogen) atoms. The van der Waals surface area contributed by atoms with Gasteiger partial charge in [-0.1, -0.05) is 60.7 Å². The Morgan fingerprint density at radius 3 is 1.26 bits per heavy atom. The van der Waals surface area contributed by atoms with Crippen molar-refractivity contribution in [3.05, 3.63) is 258 Å². The molecule has 6 N–H and O–H groups in total. The van der Waals surface area contributed by atoms with Crippen molar-refractivity contribution in [3.63, 3.8) is 0 Å². The van der Waals surface area contributed by atoms with E-state index in [0.717, 1.165) is 85.3 Å². The van der Waals surface area contributed by atoms with Gasteiger partial charge in [-0.15, -0.1) is 56.7 Å². The third-order valence-electron chi connectivity index (χ3n) is 16.1. The first kappa shape index (κ1) is 67.7. The van der Waals surface area contributed by atoms with Gasteiger partial charge in [0.05, 0.1) is 20.0 Å². The van der Waals surface area contributed by atoms with Crippen LogP contribution in [0.15, 0.2) is 197 Å². The normalized spacial score (nSPS) is 11.1. The fourth-order valence-electron chi connectivity index (χ4n) is 11.8. The maximum absolute atomic E-state index is 14.0. The average molecular weight is 1440 g/mol. The number of ether oxygens (including phenoxy) is 2. The van der Waals surface area contributed by atoms with Crippen LogP contribution in [0.3, 0.4) is 0 Å². The molecule has 6 heterocycles. The molecule has 0 spiro atoms. The Hall–Kier alpha value is -11.9. The van der Waals surface area contributed by atoms with Crippen molar-refractivity contribution in [1.29, 1.82) is 0 Å². The summed E-state index contributed by atoms with van der Waals surface area (Å²) in [6.07, 6.45) is 1.23. The zero-order valence-electron chi connectivity index (χ0n) is 53.4. The molecule has 500 valence electrons. The Labute approximate surface area is 593 Å². The summed E-state index contributed by atoms with van der Waals surface area (Å²) in [6, 6.07) is 49.5. The van der Waals surface area contributed by atoms with Crippen LogP contribution in [0.25, 0.3) is 96.2 Å². The highest BCUT2D eigenvalue weighted by Gasteiger charge is 2.27. The largest absolute Gasteiger partial charge is 0.508 e. The molecule has 0 unspecified atom stereocenters. The number of nitrogens with zero attached hydrogens (tertiary/aromatic N) is 3. The molecule has 16 nitrogen and oxygen atoms in total. The van der Waals surface area contributed by atoms with Crippen LogP contribution in [0.1, 0.15) is 68.0 Å². The third kappa shape index (κ3) is 14.3. The van der Waals surface area contributed by atoms with E-state index in [4.69, 9.17) is 14.9 Å². The lowest BCUT2D eigenvalue weighted by atomic mass is 9.93. The van der Waals surface area contributed by atoms with Gasteiger partial charge in [-0.05, 0) is 182 Å². The molecule has 0 fully saturated rings. The van der Waals surface area contributed by atoms with Crippen molar-refractivity contribution in [1.82, 2.24) is 15.0 Å². The summed E-state index contributed by atoms with van der Waals surface area (Å²) in [5, 5.41) is 47.4. The topological polar surface area (TPSA) is 263 Å². The van der Waals surface area contributed by atoms with Crippen molar-refractivity contribution in [2.45, 2.75) is 27.7 Å². The van der Waals surface area contributed by atoms with E-state index in [1.807, 2.05) is 80.6 Å². The molecule has 15 rings (SSSR count). The summed E-state index contributed by atoms with van der Waals surface area (Å²) in [5.41, 5.74) is 16.8. The fourth-order valence-corrected chi connectivity index (χ4v) is 16.8. The smallest absolute Gasteiger partial charge is 0.299 e. The predicted octanol–water partition coefficient (Wildman–Crippen LogP) is 19.3. The van der Waals surface area contributed by atoms with Gasteiger partial charge in [-0.2, -0.15) is 4.98 Å². The number of hydrogen-bond acceptors (Lipinski definition) is 21. The maximum Gasteiger partial charge on any atom is 0.299 e. The van der Waals surface area contributed by atoms with Gasteiger partial charge in [-0.3, -0.25) is 24.0 Å². The van der Waals surface area contributed by atoms with E-state index in [-0.39, 0.29) is 75.6 Å². The van der Waals surface area contributed by atoms with Crippen LogP contribution in [-0.2, 0) is 9.59 Å². The lowest BCUT2D eigenvalue weighted by molar-refractivity contribution is -0.121. The van der Waals surface area contributed by atoms with Crippen molar-refractivity contribution in [3.8, 4) is 101 Å². The minimum absolute atomic E-state index is 0.0518. The summed E-state index contributed by atoms with van der Waals surface area (Å²) in [7, 11) is 0. The van der Waals surface area contributed by atoms with E-state index < -0.39 is 11.6 Å². The van der Waals surface area contributed by atoms with Crippen molar-refractivity contribution >= 4 is 123 Å². The number of hydrogen-bond donors (Lipinski definition) is 5. The van der Waals surface area contributed by atoms with Crippen LogP contribution >= 0.6 is 56.7 Å². The zero-order chi connectivity index (χ0) is 70.9. The minimum Gasteiger partial charge on any atom is -0.508 e. The number of oxazole rings is 1. The number of phenolic OH excluding ortho intramolecular Hbond substituents is 4. The second-order valence-corrected chi connectivity index (χ2v) is 28.0. The fraction of sp³-hybridized carbons (Fsp3) is 0.0513. The first-order valence-electron chi connectivity index (χ1n) is 30.6. The van der Waals surface area contributed by atoms with Gasteiger partial charge in [0.15, 0.2) is 6.26 Å². The number of phenols is 4. The first-order chi connectivity index (χ1) is 48.7. The number of fused-ring (bicyclic) bond motifs is 3. The summed E-state index contributed by atoms with van der Waals surface area (Å²) in [5.74, 6) is -0.0686. The number of carbonyl (C=O) groups excluding carboxylic acids is 5. The van der Waals surface area contributed by atoms with Gasteiger partial charge in [0.1, 0.15) is 50.5 Å². The molecular formula is C78H52F2N4O12S5. The Morgan fingerprint density at radius 1 is 0.446 bits per heavy atom. The molecule has 9 aromatic carbocycles. The highest BCUT2D eigenvalue weighted by atomic mass is 32.1. The monoisotopic (exact) mass is 1430 g/mol. The van der Waals surface area contributed by atoms with Crippen molar-refractivity contribution < 1.29 is 67.1 Å². The minimum atomic E-state index is -0.475. The number of nitrogens with two attached hydrogens (primary N) is 1. The Kier molecular flexibility index (Phi) is 19.1. The van der Waals surface area contributed by atoms with E-state index in [2.05, 4.69) is 19.7 Å². The van der Waals surface area contributed by atoms with Gasteiger partial charge < -0.3 is 40.1 Å². The van der Waals surface area contributed by atoms with Crippen LogP contribution in [0, 0.1) is 39.3 Å². The number of thiophene rings is 3. The number of nitrogen functional groups attached to an aromatic ring is 1. The van der Waals surface area contributed by atoms with E-state index in [1.54, 1.807) is 110 Å². The van der Waals surface area contributed by atoms with Gasteiger partial charge in [0, 0.05) is 85.7 Å². The highest BCUT2D eigenvalue weighted by Crippen LogP contribution is 2.46. The second-order valence-electron chi connectivity index (χ2n) is 23.2. The molecule has 0 atom stereocenters. The average Bonchev–Trinajstić information content (AvgIpc) is 1.65. The number of aryl methyl sites for hydroxylation is 4. The van der Waals surface area contributed by atoms with E-state index in [9.17, 15) is 53.2 Å². The van der Waals surface area contributed by atoms with Crippen molar-refractivity contribution in [2.75, 3.05) is 5.73 Å². The quantitative estimate of drug-likeness (QED) is 0.0445. The number of rotatable bonds is 16. The summed E-state index contributed by atoms with van der Waals surface area (Å²) in [4.78, 5) is 76.0. The lowest BCUT2D eigenvalue weighted by Gasteiger charge is -2.11. The molecule has 0 saturated heterocycles. The number of aromatic nitrogens is 3. The maximum atomic E-state index is 14.0. The molecule has 0 amide bonds. The van der Waals surface area contributed by atoms with Crippen LogP contribution in [0.5, 0.6) is 34.8 Å². The number of benzene rings is 9. The molecule has 0 radical (unpaired) electrons. The molecule has 0 saturated carbocycles. The second kappa shape index (κ2) is 28.5. The van der Waals surface area contributed by atoms with Crippen LogP contribution in [0.4, 0.5) is 14.6 Å². The highest BCUT2D eigenvalue weighted by molar-refractivity contribution is 7.22. The number of aromatic hydroxyl groups is 4. The third-order valence-corrected chi connectivity index (χ3v) is 21.3. The number of halogens is 2. The zero-order valence-corrected chi connectivity index (χ0v) is 57.5. The summed E-state index contributed by atoms with van der Waals surface area (Å²) >= 11 is 6.70. The van der Waals surface area contributed by atoms with E-state index in [1.165, 1.54) is 87.2 Å².